The van der Waals surface area contributed by atoms with Crippen LogP contribution < -0.4 is 5.32 Å². The van der Waals surface area contributed by atoms with Gasteiger partial charge in [-0.25, -0.2) is 4.98 Å². The molecule has 3 aromatic rings. The number of hydrogen-bond acceptors (Lipinski definition) is 4. The summed E-state index contributed by atoms with van der Waals surface area (Å²) >= 11 is 7.34. The van der Waals surface area contributed by atoms with E-state index in [4.69, 9.17) is 11.6 Å². The molecule has 0 unspecified atom stereocenters. The Morgan fingerprint density at radius 3 is 2.50 bits per heavy atom. The molecule has 1 amide bonds. The van der Waals surface area contributed by atoms with Crippen LogP contribution in [-0.4, -0.2) is 16.7 Å². The highest BCUT2D eigenvalue weighted by molar-refractivity contribution is 7.17. The third-order valence-electron chi connectivity index (χ3n) is 3.89. The average molecular weight is 385 g/mol. The van der Waals surface area contributed by atoms with Gasteiger partial charge in [-0.3, -0.25) is 14.9 Å². The van der Waals surface area contributed by atoms with E-state index in [1.54, 1.807) is 31.2 Å². The monoisotopic (exact) mass is 384 g/mol. The van der Waals surface area contributed by atoms with Crippen molar-refractivity contribution in [2.24, 2.45) is 0 Å². The second-order valence-electron chi connectivity index (χ2n) is 5.77. The molecule has 1 N–H and O–H groups in total. The van der Waals surface area contributed by atoms with Crippen molar-refractivity contribution in [3.8, 4) is 0 Å². The van der Waals surface area contributed by atoms with Crippen LogP contribution in [-0.2, 0) is 6.42 Å². The minimum atomic E-state index is -0.241. The fourth-order valence-electron chi connectivity index (χ4n) is 2.53. The number of anilines is 1. The molecule has 0 aliphatic heterocycles. The number of aryl methyl sites for hydroxylation is 2. The van der Waals surface area contributed by atoms with Gasteiger partial charge in [0.05, 0.1) is 10.6 Å². The summed E-state index contributed by atoms with van der Waals surface area (Å²) in [7, 11) is 0. The first-order chi connectivity index (χ1) is 12.5. The number of benzene rings is 2. The molecule has 0 bridgehead atoms. The summed E-state index contributed by atoms with van der Waals surface area (Å²) < 4.78 is 0. The number of nitrogens with one attached hydrogen (secondary N) is 1. The van der Waals surface area contributed by atoms with E-state index in [1.165, 1.54) is 11.3 Å². The number of aromatic nitrogens is 1. The first-order valence-corrected chi connectivity index (χ1v) is 9.34. The Bertz CT molecular complexity index is 938. The van der Waals surface area contributed by atoms with Gasteiger partial charge in [0.2, 0.25) is 0 Å². The van der Waals surface area contributed by atoms with Gasteiger partial charge in [-0.1, -0.05) is 59.3 Å². The molecule has 6 heteroatoms. The van der Waals surface area contributed by atoms with Gasteiger partial charge in [-0.15, -0.1) is 0 Å². The van der Waals surface area contributed by atoms with Gasteiger partial charge in [0.25, 0.3) is 5.91 Å². The molecule has 0 atom stereocenters. The number of halogens is 1. The van der Waals surface area contributed by atoms with Gasteiger partial charge < -0.3 is 0 Å². The van der Waals surface area contributed by atoms with Gasteiger partial charge in [-0.2, -0.15) is 0 Å². The summed E-state index contributed by atoms with van der Waals surface area (Å²) in [6.45, 7) is 1.78. The zero-order valence-electron chi connectivity index (χ0n) is 14.2. The normalized spacial score (nSPS) is 10.5. The molecule has 0 radical (unpaired) electrons. The van der Waals surface area contributed by atoms with E-state index in [1.807, 2.05) is 30.3 Å². The van der Waals surface area contributed by atoms with Crippen molar-refractivity contribution in [3.63, 3.8) is 0 Å². The Hall–Kier alpha value is -2.50. The smallest absolute Gasteiger partial charge is 0.257 e. The molecule has 0 aliphatic carbocycles. The lowest BCUT2D eigenvalue weighted by Crippen LogP contribution is -2.11. The van der Waals surface area contributed by atoms with E-state index in [0.29, 0.717) is 39.1 Å². The minimum Gasteiger partial charge on any atom is -0.298 e. The first-order valence-electron chi connectivity index (χ1n) is 8.15. The molecule has 0 spiro atoms. The van der Waals surface area contributed by atoms with Crippen LogP contribution in [0, 0.1) is 6.92 Å². The SMILES string of the molecule is Cc1nc(NC(=O)c2ccccc2)sc1C(=O)CCc1ccccc1Cl. The molecule has 1 heterocycles. The highest BCUT2D eigenvalue weighted by Gasteiger charge is 2.17. The number of Topliss-reactive ketones (excluding diaryl/α,β-unsaturated/α-hetero) is 1. The van der Waals surface area contributed by atoms with Crippen molar-refractivity contribution in [2.45, 2.75) is 19.8 Å². The summed E-state index contributed by atoms with van der Waals surface area (Å²) in [4.78, 5) is 29.6. The largest absolute Gasteiger partial charge is 0.298 e. The Labute approximate surface area is 160 Å². The Morgan fingerprint density at radius 1 is 1.08 bits per heavy atom. The van der Waals surface area contributed by atoms with Crippen molar-refractivity contribution in [1.82, 2.24) is 4.98 Å². The van der Waals surface area contributed by atoms with Crippen molar-refractivity contribution < 1.29 is 9.59 Å². The number of carbonyl (C=O) groups excluding carboxylic acids is 2. The summed E-state index contributed by atoms with van der Waals surface area (Å²) in [5.41, 5.74) is 2.12. The third-order valence-corrected chi connectivity index (χ3v) is 5.37. The maximum absolute atomic E-state index is 12.5. The lowest BCUT2D eigenvalue weighted by atomic mass is 10.1. The number of rotatable bonds is 6. The molecular weight excluding hydrogens is 368 g/mol. The molecule has 26 heavy (non-hydrogen) atoms. The second kappa shape index (κ2) is 8.25. The van der Waals surface area contributed by atoms with Gasteiger partial charge in [-0.05, 0) is 37.1 Å². The van der Waals surface area contributed by atoms with E-state index in [9.17, 15) is 9.59 Å². The molecule has 3 rings (SSSR count). The number of hydrogen-bond donors (Lipinski definition) is 1. The quantitative estimate of drug-likeness (QED) is 0.596. The molecule has 0 saturated carbocycles. The summed E-state index contributed by atoms with van der Waals surface area (Å²) in [6, 6.07) is 16.4. The van der Waals surface area contributed by atoms with Crippen molar-refractivity contribution in [2.75, 3.05) is 5.32 Å². The highest BCUT2D eigenvalue weighted by atomic mass is 35.5. The predicted octanol–water partition coefficient (Wildman–Crippen LogP) is 5.17. The van der Waals surface area contributed by atoms with Gasteiger partial charge in [0.15, 0.2) is 10.9 Å². The summed E-state index contributed by atoms with van der Waals surface area (Å²) in [5, 5.41) is 3.84. The van der Waals surface area contributed by atoms with Crippen LogP contribution in [0.4, 0.5) is 5.13 Å². The van der Waals surface area contributed by atoms with Crippen LogP contribution in [0.25, 0.3) is 0 Å². The molecule has 4 nitrogen and oxygen atoms in total. The molecule has 132 valence electrons. The third kappa shape index (κ3) is 4.36. The number of thiazole rings is 1. The molecular formula is C20H17ClN2O2S. The Kier molecular flexibility index (Phi) is 5.81. The number of amides is 1. The maximum Gasteiger partial charge on any atom is 0.257 e. The number of ketones is 1. The zero-order chi connectivity index (χ0) is 18.5. The van der Waals surface area contributed by atoms with Crippen LogP contribution >= 0.6 is 22.9 Å². The molecule has 0 aliphatic rings. The molecule has 1 aromatic heterocycles. The molecule has 0 fully saturated rings. The average Bonchev–Trinajstić information content (AvgIpc) is 3.01. The highest BCUT2D eigenvalue weighted by Crippen LogP contribution is 2.26. The fourth-order valence-corrected chi connectivity index (χ4v) is 3.69. The van der Waals surface area contributed by atoms with E-state index >= 15 is 0 Å². The van der Waals surface area contributed by atoms with Crippen molar-refractivity contribution in [1.29, 1.82) is 0 Å². The predicted molar refractivity (Wildman–Crippen MR) is 105 cm³/mol. The second-order valence-corrected chi connectivity index (χ2v) is 7.17. The number of nitrogens with zero attached hydrogens (tertiary/aromatic N) is 1. The van der Waals surface area contributed by atoms with Crippen LogP contribution in [0.15, 0.2) is 54.6 Å². The van der Waals surface area contributed by atoms with Gasteiger partial charge in [0, 0.05) is 17.0 Å². The van der Waals surface area contributed by atoms with Crippen molar-refractivity contribution >= 4 is 39.8 Å². The summed E-state index contributed by atoms with van der Waals surface area (Å²) in [6.07, 6.45) is 0.917. The minimum absolute atomic E-state index is 0.000120. The summed E-state index contributed by atoms with van der Waals surface area (Å²) in [5.74, 6) is -0.241. The van der Waals surface area contributed by atoms with E-state index in [2.05, 4.69) is 10.3 Å². The maximum atomic E-state index is 12.5. The Morgan fingerprint density at radius 2 is 1.77 bits per heavy atom. The van der Waals surface area contributed by atoms with Gasteiger partial charge >= 0.3 is 0 Å². The lowest BCUT2D eigenvalue weighted by molar-refractivity contribution is 0.0984. The standard InChI is InChI=1S/C20H17ClN2O2S/c1-13-18(17(24)12-11-14-7-5-6-10-16(14)21)26-20(22-13)23-19(25)15-8-3-2-4-9-15/h2-10H,11-12H2,1H3,(H,22,23,25). The molecule has 0 saturated heterocycles. The van der Waals surface area contributed by atoms with Crippen LogP contribution in [0.1, 0.15) is 37.7 Å². The van der Waals surface area contributed by atoms with Gasteiger partial charge in [0.1, 0.15) is 0 Å². The van der Waals surface area contributed by atoms with Crippen LogP contribution in [0.5, 0.6) is 0 Å². The first kappa shape index (κ1) is 18.3. The number of carbonyl (C=O) groups is 2. The van der Waals surface area contributed by atoms with Crippen molar-refractivity contribution in [3.05, 3.63) is 81.3 Å². The van der Waals surface area contributed by atoms with Crippen LogP contribution in [0.2, 0.25) is 5.02 Å². The Balaban J connectivity index is 1.66. The zero-order valence-corrected chi connectivity index (χ0v) is 15.7. The topological polar surface area (TPSA) is 59.1 Å². The van der Waals surface area contributed by atoms with Crippen LogP contribution in [0.3, 0.4) is 0 Å². The van der Waals surface area contributed by atoms with E-state index in [0.717, 1.165) is 5.56 Å². The lowest BCUT2D eigenvalue weighted by Gasteiger charge is -2.03. The molecule has 2 aromatic carbocycles. The van der Waals surface area contributed by atoms with E-state index in [-0.39, 0.29) is 11.7 Å². The van der Waals surface area contributed by atoms with E-state index < -0.39 is 0 Å². The fraction of sp³-hybridized carbons (Fsp3) is 0.150.